The molecule has 0 saturated carbocycles. The van der Waals surface area contributed by atoms with Gasteiger partial charge in [0.2, 0.25) is 0 Å². The molecule has 0 unspecified atom stereocenters. The van der Waals surface area contributed by atoms with Gasteiger partial charge in [0.25, 0.3) is 5.91 Å². The normalized spacial score (nSPS) is 16.8. The molecule has 1 aromatic heterocycles. The minimum absolute atomic E-state index is 0.124. The zero-order chi connectivity index (χ0) is 13.7. The first-order chi connectivity index (χ1) is 9.22. The van der Waals surface area contributed by atoms with E-state index in [1.165, 1.54) is 0 Å². The summed E-state index contributed by atoms with van der Waals surface area (Å²) in [7, 11) is 0. The lowest BCUT2D eigenvalue weighted by molar-refractivity contribution is 0.00843. The maximum absolute atomic E-state index is 12.3. The molecule has 106 valence electrons. The summed E-state index contributed by atoms with van der Waals surface area (Å²) in [4.78, 5) is 17.3. The summed E-state index contributed by atoms with van der Waals surface area (Å²) in [5.74, 6) is 0.124. The van der Waals surface area contributed by atoms with E-state index >= 15 is 0 Å². The van der Waals surface area contributed by atoms with Crippen molar-refractivity contribution in [1.82, 2.24) is 9.88 Å². The Morgan fingerprint density at radius 1 is 1.53 bits per heavy atom. The van der Waals surface area contributed by atoms with Crippen molar-refractivity contribution in [3.05, 3.63) is 23.5 Å². The number of nitrogens with zero attached hydrogens (tertiary/aromatic N) is 1. The number of rotatable bonds is 5. The number of nitrogens with one attached hydrogen (secondary N) is 1. The fraction of sp³-hybridized carbons (Fsp3) is 0.643. The first-order valence-corrected chi connectivity index (χ1v) is 6.97. The Balaban J connectivity index is 1.80. The molecular formula is C14H23N3O2. The van der Waals surface area contributed by atoms with Gasteiger partial charge in [-0.05, 0) is 38.8 Å². The van der Waals surface area contributed by atoms with Crippen LogP contribution in [0.1, 0.15) is 35.3 Å². The molecule has 2 heterocycles. The molecule has 5 nitrogen and oxygen atoms in total. The lowest BCUT2D eigenvalue weighted by atomic mass is 10.1. The smallest absolute Gasteiger partial charge is 0.255 e. The van der Waals surface area contributed by atoms with Crippen molar-refractivity contribution >= 4 is 5.91 Å². The number of ether oxygens (including phenoxy) is 1. The van der Waals surface area contributed by atoms with E-state index in [9.17, 15) is 4.79 Å². The number of carbonyl (C=O) groups excluding carboxylic acids is 1. The van der Waals surface area contributed by atoms with Crippen molar-refractivity contribution in [2.24, 2.45) is 5.73 Å². The topological polar surface area (TPSA) is 71.3 Å². The Morgan fingerprint density at radius 2 is 2.26 bits per heavy atom. The number of likely N-dealkylation sites (tertiary alicyclic amines) is 1. The summed E-state index contributed by atoms with van der Waals surface area (Å²) in [5.41, 5.74) is 7.15. The molecule has 0 bridgehead atoms. The molecule has 0 aromatic carbocycles. The zero-order valence-corrected chi connectivity index (χ0v) is 11.5. The van der Waals surface area contributed by atoms with Gasteiger partial charge in [0, 0.05) is 31.6 Å². The number of nitrogens with two attached hydrogens (primary N) is 1. The maximum Gasteiger partial charge on any atom is 0.255 e. The first-order valence-electron chi connectivity index (χ1n) is 6.97. The van der Waals surface area contributed by atoms with Crippen molar-refractivity contribution in [2.75, 3.05) is 26.2 Å². The molecule has 19 heavy (non-hydrogen) atoms. The molecule has 0 spiro atoms. The SMILES string of the molecule is Cc1[nH]ccc1C(=O)N1CCC(OCCCN)CC1. The third-order valence-corrected chi connectivity index (χ3v) is 3.62. The lowest BCUT2D eigenvalue weighted by Gasteiger charge is -2.32. The fourth-order valence-electron chi connectivity index (χ4n) is 2.41. The van der Waals surface area contributed by atoms with Crippen LogP contribution in [0.5, 0.6) is 0 Å². The number of aromatic nitrogens is 1. The molecule has 2 rings (SSSR count). The van der Waals surface area contributed by atoms with E-state index in [0.717, 1.165) is 50.2 Å². The summed E-state index contributed by atoms with van der Waals surface area (Å²) >= 11 is 0. The van der Waals surface area contributed by atoms with Crippen LogP contribution in [0.25, 0.3) is 0 Å². The van der Waals surface area contributed by atoms with Crippen LogP contribution in [-0.4, -0.2) is 48.1 Å². The second-order valence-electron chi connectivity index (χ2n) is 5.02. The summed E-state index contributed by atoms with van der Waals surface area (Å²) in [6, 6.07) is 1.85. The van der Waals surface area contributed by atoms with Gasteiger partial charge in [-0.1, -0.05) is 0 Å². The number of carbonyl (C=O) groups is 1. The van der Waals surface area contributed by atoms with E-state index in [1.807, 2.05) is 24.1 Å². The fourth-order valence-corrected chi connectivity index (χ4v) is 2.41. The third-order valence-electron chi connectivity index (χ3n) is 3.62. The monoisotopic (exact) mass is 265 g/mol. The van der Waals surface area contributed by atoms with E-state index in [4.69, 9.17) is 10.5 Å². The van der Waals surface area contributed by atoms with Crippen LogP contribution in [0.15, 0.2) is 12.3 Å². The highest BCUT2D eigenvalue weighted by Crippen LogP contribution is 2.17. The molecule has 0 radical (unpaired) electrons. The number of aromatic amines is 1. The average Bonchev–Trinajstić information content (AvgIpc) is 2.85. The largest absolute Gasteiger partial charge is 0.378 e. The molecule has 1 aliphatic heterocycles. The van der Waals surface area contributed by atoms with Crippen molar-refractivity contribution in [1.29, 1.82) is 0 Å². The van der Waals surface area contributed by atoms with Crippen LogP contribution in [0, 0.1) is 6.92 Å². The van der Waals surface area contributed by atoms with Crippen molar-refractivity contribution < 1.29 is 9.53 Å². The van der Waals surface area contributed by atoms with Gasteiger partial charge in [0.15, 0.2) is 0 Å². The molecule has 0 aliphatic carbocycles. The van der Waals surface area contributed by atoms with Crippen molar-refractivity contribution in [3.63, 3.8) is 0 Å². The Labute approximate surface area is 114 Å². The number of hydrogen-bond donors (Lipinski definition) is 2. The van der Waals surface area contributed by atoms with E-state index in [0.29, 0.717) is 6.54 Å². The number of hydrogen-bond acceptors (Lipinski definition) is 3. The number of aryl methyl sites for hydroxylation is 1. The second kappa shape index (κ2) is 6.73. The standard InChI is InChI=1S/C14H23N3O2/c1-11-13(3-7-16-11)14(18)17-8-4-12(5-9-17)19-10-2-6-15/h3,7,12,16H,2,4-6,8-10,15H2,1H3. The van der Waals surface area contributed by atoms with Gasteiger partial charge >= 0.3 is 0 Å². The number of piperidine rings is 1. The highest BCUT2D eigenvalue weighted by atomic mass is 16.5. The van der Waals surface area contributed by atoms with Crippen molar-refractivity contribution in [3.8, 4) is 0 Å². The van der Waals surface area contributed by atoms with E-state index in [2.05, 4.69) is 4.98 Å². The van der Waals surface area contributed by atoms with Gasteiger partial charge in [-0.2, -0.15) is 0 Å². The van der Waals surface area contributed by atoms with Crippen LogP contribution in [0.3, 0.4) is 0 Å². The van der Waals surface area contributed by atoms with Gasteiger partial charge in [-0.3, -0.25) is 4.79 Å². The first kappa shape index (κ1) is 14.1. The molecule has 1 fully saturated rings. The Bertz CT molecular complexity index is 409. The molecule has 3 N–H and O–H groups in total. The van der Waals surface area contributed by atoms with Gasteiger partial charge in [-0.15, -0.1) is 0 Å². The van der Waals surface area contributed by atoms with E-state index in [1.54, 1.807) is 0 Å². The van der Waals surface area contributed by atoms with Crippen LogP contribution >= 0.6 is 0 Å². The average molecular weight is 265 g/mol. The molecular weight excluding hydrogens is 242 g/mol. The predicted octanol–water partition coefficient (Wildman–Crippen LogP) is 1.29. The molecule has 1 aromatic rings. The van der Waals surface area contributed by atoms with Gasteiger partial charge < -0.3 is 20.4 Å². The van der Waals surface area contributed by atoms with Crippen LogP contribution in [0.2, 0.25) is 0 Å². The summed E-state index contributed by atoms with van der Waals surface area (Å²) in [6.45, 7) is 4.87. The molecule has 0 atom stereocenters. The Kier molecular flexibility index (Phi) is 4.99. The Morgan fingerprint density at radius 3 is 2.84 bits per heavy atom. The Hall–Kier alpha value is -1.33. The molecule has 5 heteroatoms. The molecule has 1 saturated heterocycles. The molecule has 1 aliphatic rings. The van der Waals surface area contributed by atoms with Crippen LogP contribution < -0.4 is 5.73 Å². The number of H-pyrrole nitrogens is 1. The highest BCUT2D eigenvalue weighted by Gasteiger charge is 2.24. The van der Waals surface area contributed by atoms with Crippen molar-refractivity contribution in [2.45, 2.75) is 32.3 Å². The molecule has 1 amide bonds. The van der Waals surface area contributed by atoms with Gasteiger partial charge in [-0.25, -0.2) is 0 Å². The number of amides is 1. The summed E-state index contributed by atoms with van der Waals surface area (Å²) < 4.78 is 5.74. The quantitative estimate of drug-likeness (QED) is 0.788. The maximum atomic E-state index is 12.3. The van der Waals surface area contributed by atoms with Crippen LogP contribution in [0.4, 0.5) is 0 Å². The predicted molar refractivity (Wildman–Crippen MR) is 74.1 cm³/mol. The second-order valence-corrected chi connectivity index (χ2v) is 5.02. The minimum Gasteiger partial charge on any atom is -0.378 e. The van der Waals surface area contributed by atoms with E-state index in [-0.39, 0.29) is 12.0 Å². The van der Waals surface area contributed by atoms with Gasteiger partial charge in [0.1, 0.15) is 0 Å². The summed E-state index contributed by atoms with van der Waals surface area (Å²) in [5, 5.41) is 0. The van der Waals surface area contributed by atoms with Crippen LogP contribution in [-0.2, 0) is 4.74 Å². The lowest BCUT2D eigenvalue weighted by Crippen LogP contribution is -2.41. The third kappa shape index (κ3) is 3.58. The van der Waals surface area contributed by atoms with E-state index < -0.39 is 0 Å². The zero-order valence-electron chi connectivity index (χ0n) is 11.5. The summed E-state index contributed by atoms with van der Waals surface area (Å²) in [6.07, 6.45) is 4.83. The minimum atomic E-state index is 0.124. The van der Waals surface area contributed by atoms with Gasteiger partial charge in [0.05, 0.1) is 11.7 Å². The highest BCUT2D eigenvalue weighted by molar-refractivity contribution is 5.95.